The predicted molar refractivity (Wildman–Crippen MR) is 85.0 cm³/mol. The highest BCUT2D eigenvalue weighted by atomic mass is 79.9. The lowest BCUT2D eigenvalue weighted by Gasteiger charge is -2.14. The van der Waals surface area contributed by atoms with Crippen LogP contribution in [-0.4, -0.2) is 17.5 Å². The number of halogens is 1. The molecule has 0 unspecified atom stereocenters. The molecule has 0 aliphatic carbocycles. The van der Waals surface area contributed by atoms with Crippen molar-refractivity contribution >= 4 is 21.8 Å². The lowest BCUT2D eigenvalue weighted by atomic mass is 10.1. The van der Waals surface area contributed by atoms with E-state index in [9.17, 15) is 4.79 Å². The summed E-state index contributed by atoms with van der Waals surface area (Å²) >= 11 is 3.40. The van der Waals surface area contributed by atoms with Crippen molar-refractivity contribution in [3.8, 4) is 5.75 Å². The Hall–Kier alpha value is -1.88. The largest absolute Gasteiger partial charge is 0.492 e. The third kappa shape index (κ3) is 4.86. The summed E-state index contributed by atoms with van der Waals surface area (Å²) in [6.07, 6.45) is 3.78. The standard InChI is InChI=1S/C16H17BrN2O2/c1-12(13-5-4-9-18-11-13)19-16(20)8-10-21-15-7-3-2-6-14(15)17/h2-7,9,11-12H,8,10H2,1H3,(H,19,20)/t12-/m1/s1. The number of benzene rings is 1. The molecule has 5 heteroatoms. The first kappa shape index (κ1) is 15.5. The third-order valence-electron chi connectivity index (χ3n) is 2.99. The lowest BCUT2D eigenvalue weighted by molar-refractivity contribution is -0.122. The average molecular weight is 349 g/mol. The van der Waals surface area contributed by atoms with E-state index in [0.717, 1.165) is 15.8 Å². The van der Waals surface area contributed by atoms with Gasteiger partial charge in [0.05, 0.1) is 23.5 Å². The molecular weight excluding hydrogens is 332 g/mol. The van der Waals surface area contributed by atoms with E-state index in [1.807, 2.05) is 43.3 Å². The Labute approximate surface area is 132 Å². The molecule has 1 aromatic heterocycles. The number of nitrogens with zero attached hydrogens (tertiary/aromatic N) is 1. The van der Waals surface area contributed by atoms with Crippen LogP contribution in [0.25, 0.3) is 0 Å². The van der Waals surface area contributed by atoms with Crippen LogP contribution in [0.5, 0.6) is 5.75 Å². The first-order chi connectivity index (χ1) is 10.2. The Morgan fingerprint density at radius 2 is 2.14 bits per heavy atom. The fourth-order valence-electron chi connectivity index (χ4n) is 1.84. The van der Waals surface area contributed by atoms with Gasteiger partial charge in [-0.1, -0.05) is 18.2 Å². The Morgan fingerprint density at radius 1 is 1.33 bits per heavy atom. The van der Waals surface area contributed by atoms with Crippen molar-refractivity contribution in [2.45, 2.75) is 19.4 Å². The van der Waals surface area contributed by atoms with E-state index < -0.39 is 0 Å². The van der Waals surface area contributed by atoms with Crippen molar-refractivity contribution in [3.63, 3.8) is 0 Å². The van der Waals surface area contributed by atoms with Crippen LogP contribution in [0.4, 0.5) is 0 Å². The Morgan fingerprint density at radius 3 is 2.86 bits per heavy atom. The number of ether oxygens (including phenoxy) is 1. The minimum Gasteiger partial charge on any atom is -0.492 e. The van der Waals surface area contributed by atoms with E-state index >= 15 is 0 Å². The number of para-hydroxylation sites is 1. The van der Waals surface area contributed by atoms with E-state index in [1.165, 1.54) is 0 Å². The maximum absolute atomic E-state index is 11.9. The molecule has 0 aliphatic heterocycles. The number of amides is 1. The zero-order valence-corrected chi connectivity index (χ0v) is 13.3. The molecule has 2 rings (SSSR count). The normalized spacial score (nSPS) is 11.7. The van der Waals surface area contributed by atoms with Crippen LogP contribution in [-0.2, 0) is 4.79 Å². The summed E-state index contributed by atoms with van der Waals surface area (Å²) in [7, 11) is 0. The van der Waals surface area contributed by atoms with Gasteiger partial charge in [0.1, 0.15) is 5.75 Å². The predicted octanol–water partition coefficient (Wildman–Crippen LogP) is 3.49. The minimum atomic E-state index is -0.0605. The number of aromatic nitrogens is 1. The van der Waals surface area contributed by atoms with Gasteiger partial charge in [-0.2, -0.15) is 0 Å². The monoisotopic (exact) mass is 348 g/mol. The zero-order chi connectivity index (χ0) is 15.1. The van der Waals surface area contributed by atoms with Gasteiger partial charge in [0, 0.05) is 12.4 Å². The molecule has 1 atom stereocenters. The van der Waals surface area contributed by atoms with Crippen LogP contribution in [0.3, 0.4) is 0 Å². The number of carbonyl (C=O) groups excluding carboxylic acids is 1. The van der Waals surface area contributed by atoms with Crippen LogP contribution in [0.15, 0.2) is 53.3 Å². The van der Waals surface area contributed by atoms with E-state index in [0.29, 0.717) is 13.0 Å². The third-order valence-corrected chi connectivity index (χ3v) is 3.64. The number of rotatable bonds is 6. The summed E-state index contributed by atoms with van der Waals surface area (Å²) in [6, 6.07) is 11.3. The molecular formula is C16H17BrN2O2. The molecule has 1 heterocycles. The second-order valence-electron chi connectivity index (χ2n) is 4.60. The van der Waals surface area contributed by atoms with Gasteiger partial charge in [-0.3, -0.25) is 9.78 Å². The summed E-state index contributed by atoms with van der Waals surface area (Å²) in [5.41, 5.74) is 0.984. The van der Waals surface area contributed by atoms with Crippen molar-refractivity contribution < 1.29 is 9.53 Å². The highest BCUT2D eigenvalue weighted by Gasteiger charge is 2.09. The molecule has 0 bridgehead atoms. The topological polar surface area (TPSA) is 51.2 Å². The molecule has 0 fully saturated rings. The molecule has 1 N–H and O–H groups in total. The van der Waals surface area contributed by atoms with E-state index in [1.54, 1.807) is 12.4 Å². The van der Waals surface area contributed by atoms with Crippen LogP contribution < -0.4 is 10.1 Å². The van der Waals surface area contributed by atoms with Gasteiger partial charge >= 0.3 is 0 Å². The second kappa shape index (κ2) is 7.78. The van der Waals surface area contributed by atoms with Gasteiger partial charge < -0.3 is 10.1 Å². The molecule has 2 aromatic rings. The van der Waals surface area contributed by atoms with Gasteiger partial charge in [-0.15, -0.1) is 0 Å². The molecule has 0 aliphatic rings. The first-order valence-corrected chi connectivity index (χ1v) is 7.52. The van der Waals surface area contributed by atoms with Gasteiger partial charge in [0.2, 0.25) is 5.91 Å². The lowest BCUT2D eigenvalue weighted by Crippen LogP contribution is -2.27. The second-order valence-corrected chi connectivity index (χ2v) is 5.46. The summed E-state index contributed by atoms with van der Waals surface area (Å²) in [6.45, 7) is 2.28. The van der Waals surface area contributed by atoms with Gasteiger partial charge in [-0.25, -0.2) is 0 Å². The number of hydrogen-bond donors (Lipinski definition) is 1. The first-order valence-electron chi connectivity index (χ1n) is 6.73. The summed E-state index contributed by atoms with van der Waals surface area (Å²) < 4.78 is 6.46. The van der Waals surface area contributed by atoms with Crippen LogP contribution in [0, 0.1) is 0 Å². The number of hydrogen-bond acceptors (Lipinski definition) is 3. The fraction of sp³-hybridized carbons (Fsp3) is 0.250. The Kier molecular flexibility index (Phi) is 5.75. The van der Waals surface area contributed by atoms with Crippen molar-refractivity contribution in [1.82, 2.24) is 10.3 Å². The molecule has 0 radical (unpaired) electrons. The molecule has 1 aromatic carbocycles. The Bertz CT molecular complexity index is 590. The maximum atomic E-state index is 11.9. The maximum Gasteiger partial charge on any atom is 0.223 e. The van der Waals surface area contributed by atoms with Crippen molar-refractivity contribution in [1.29, 1.82) is 0 Å². The zero-order valence-electron chi connectivity index (χ0n) is 11.8. The molecule has 0 saturated heterocycles. The quantitative estimate of drug-likeness (QED) is 0.869. The molecule has 4 nitrogen and oxygen atoms in total. The Balaban J connectivity index is 1.76. The summed E-state index contributed by atoms with van der Waals surface area (Å²) in [5.74, 6) is 0.698. The van der Waals surface area contributed by atoms with Crippen LogP contribution in [0.1, 0.15) is 24.9 Å². The van der Waals surface area contributed by atoms with Crippen molar-refractivity contribution in [2.75, 3.05) is 6.61 Å². The number of carbonyl (C=O) groups is 1. The molecule has 21 heavy (non-hydrogen) atoms. The SMILES string of the molecule is C[C@@H](NC(=O)CCOc1ccccc1Br)c1cccnc1. The smallest absolute Gasteiger partial charge is 0.223 e. The molecule has 110 valence electrons. The van der Waals surface area contributed by atoms with E-state index in [-0.39, 0.29) is 11.9 Å². The highest BCUT2D eigenvalue weighted by Crippen LogP contribution is 2.23. The summed E-state index contributed by atoms with van der Waals surface area (Å²) in [4.78, 5) is 15.9. The van der Waals surface area contributed by atoms with Crippen molar-refractivity contribution in [2.24, 2.45) is 0 Å². The van der Waals surface area contributed by atoms with Crippen LogP contribution in [0.2, 0.25) is 0 Å². The van der Waals surface area contributed by atoms with E-state index in [4.69, 9.17) is 4.74 Å². The number of nitrogens with one attached hydrogen (secondary N) is 1. The fourth-order valence-corrected chi connectivity index (χ4v) is 2.24. The molecule has 0 saturated carbocycles. The average Bonchev–Trinajstić information content (AvgIpc) is 2.50. The van der Waals surface area contributed by atoms with Crippen molar-refractivity contribution in [3.05, 3.63) is 58.8 Å². The minimum absolute atomic E-state index is 0.0431. The highest BCUT2D eigenvalue weighted by molar-refractivity contribution is 9.10. The number of pyridine rings is 1. The van der Waals surface area contributed by atoms with E-state index in [2.05, 4.69) is 26.2 Å². The van der Waals surface area contributed by atoms with Crippen LogP contribution >= 0.6 is 15.9 Å². The summed E-state index contributed by atoms with van der Waals surface area (Å²) in [5, 5.41) is 2.93. The van der Waals surface area contributed by atoms with Gasteiger partial charge in [0.25, 0.3) is 0 Å². The molecule has 1 amide bonds. The molecule has 0 spiro atoms. The van der Waals surface area contributed by atoms with Gasteiger partial charge in [-0.05, 0) is 46.6 Å². The van der Waals surface area contributed by atoms with Gasteiger partial charge in [0.15, 0.2) is 0 Å².